The lowest BCUT2D eigenvalue weighted by molar-refractivity contribution is -0.142. The van der Waals surface area contributed by atoms with Crippen molar-refractivity contribution >= 4 is 19.5 Å². The summed E-state index contributed by atoms with van der Waals surface area (Å²) in [6, 6.07) is 8.13. The van der Waals surface area contributed by atoms with Gasteiger partial charge in [-0.25, -0.2) is 4.79 Å². The number of amides is 1. The van der Waals surface area contributed by atoms with Crippen LogP contribution in [0.4, 0.5) is 0 Å². The van der Waals surface area contributed by atoms with Crippen LogP contribution in [0.15, 0.2) is 30.3 Å². The summed E-state index contributed by atoms with van der Waals surface area (Å²) < 4.78 is 10.7. The molecule has 7 nitrogen and oxygen atoms in total. The minimum absolute atomic E-state index is 0.132. The van der Waals surface area contributed by atoms with Gasteiger partial charge in [-0.15, -0.1) is 0 Å². The molecule has 0 heterocycles. The maximum atomic E-state index is 11.9. The van der Waals surface area contributed by atoms with E-state index in [1.807, 2.05) is 18.2 Å². The van der Waals surface area contributed by atoms with Crippen molar-refractivity contribution in [1.82, 2.24) is 5.32 Å². The first-order valence-corrected chi connectivity index (χ1v) is 9.68. The lowest BCUT2D eigenvalue weighted by Crippen LogP contribution is -2.41. The number of carbonyl (C=O) groups excluding carboxylic acids is 1. The van der Waals surface area contributed by atoms with Crippen LogP contribution in [-0.4, -0.2) is 39.0 Å². The zero-order chi connectivity index (χ0) is 18.0. The van der Waals surface area contributed by atoms with Crippen molar-refractivity contribution in [1.29, 1.82) is 0 Å². The topological polar surface area (TPSA) is 124 Å². The fraction of sp³-hybridized carbons (Fsp3) is 0.500. The van der Waals surface area contributed by atoms with Gasteiger partial charge in [0.2, 0.25) is 5.91 Å². The molecule has 8 heteroatoms. The Labute approximate surface area is 141 Å². The summed E-state index contributed by atoms with van der Waals surface area (Å²) in [5.41, 5.74) is 0.816. The van der Waals surface area contributed by atoms with Crippen molar-refractivity contribution in [2.45, 2.75) is 44.6 Å². The third-order valence-electron chi connectivity index (χ3n) is 3.53. The minimum atomic E-state index is -3.95. The van der Waals surface area contributed by atoms with Gasteiger partial charge in [0.1, 0.15) is 6.04 Å². The summed E-state index contributed by atoms with van der Waals surface area (Å²) in [5, 5.41) is 11.7. The first kappa shape index (κ1) is 20.4. The molecule has 134 valence electrons. The van der Waals surface area contributed by atoms with E-state index < -0.39 is 19.6 Å². The van der Waals surface area contributed by atoms with Gasteiger partial charge >= 0.3 is 13.6 Å². The van der Waals surface area contributed by atoms with E-state index in [0.29, 0.717) is 32.1 Å². The number of hydrogen-bond donors (Lipinski definition) is 4. The molecule has 0 spiro atoms. The fourth-order valence-corrected chi connectivity index (χ4v) is 2.94. The van der Waals surface area contributed by atoms with Crippen LogP contribution in [0.25, 0.3) is 0 Å². The van der Waals surface area contributed by atoms with Crippen molar-refractivity contribution in [3.05, 3.63) is 35.9 Å². The second-order valence-electron chi connectivity index (χ2n) is 5.71. The summed E-state index contributed by atoms with van der Waals surface area (Å²) >= 11 is 0. The van der Waals surface area contributed by atoms with Crippen LogP contribution in [0.3, 0.4) is 0 Å². The normalized spacial score (nSPS) is 12.6. The molecule has 4 N–H and O–H groups in total. The van der Waals surface area contributed by atoms with Crippen LogP contribution in [0, 0.1) is 0 Å². The predicted molar refractivity (Wildman–Crippen MR) is 89.7 cm³/mol. The molecule has 0 unspecified atom stereocenters. The third-order valence-corrected chi connectivity index (χ3v) is 4.43. The maximum Gasteiger partial charge on any atom is 0.326 e. The SMILES string of the molecule is O=C(Cc1ccccc1)N[C@H](CCCCCCP(=O)(O)O)C(=O)O. The van der Waals surface area contributed by atoms with E-state index in [1.165, 1.54) is 0 Å². The molecule has 1 amide bonds. The number of unbranched alkanes of at least 4 members (excludes halogenated alkanes) is 3. The van der Waals surface area contributed by atoms with Crippen LogP contribution in [0.1, 0.15) is 37.7 Å². The van der Waals surface area contributed by atoms with Crippen molar-refractivity contribution in [3.8, 4) is 0 Å². The van der Waals surface area contributed by atoms with Crippen LogP contribution >= 0.6 is 7.60 Å². The minimum Gasteiger partial charge on any atom is -0.480 e. The zero-order valence-electron chi connectivity index (χ0n) is 13.4. The highest BCUT2D eigenvalue weighted by atomic mass is 31.2. The summed E-state index contributed by atoms with van der Waals surface area (Å²) in [6.07, 6.45) is 2.54. The van der Waals surface area contributed by atoms with Crippen LogP contribution < -0.4 is 5.32 Å². The molecule has 0 aliphatic carbocycles. The first-order valence-electron chi connectivity index (χ1n) is 7.88. The number of hydrogen-bond acceptors (Lipinski definition) is 3. The Morgan fingerprint density at radius 2 is 1.67 bits per heavy atom. The van der Waals surface area contributed by atoms with Gasteiger partial charge in [-0.05, 0) is 18.4 Å². The van der Waals surface area contributed by atoms with Gasteiger partial charge in [0.25, 0.3) is 0 Å². The molecule has 1 aromatic carbocycles. The lowest BCUT2D eigenvalue weighted by atomic mass is 10.1. The average molecular weight is 357 g/mol. The highest BCUT2D eigenvalue weighted by molar-refractivity contribution is 7.51. The molecule has 0 saturated carbocycles. The lowest BCUT2D eigenvalue weighted by Gasteiger charge is -2.14. The Morgan fingerprint density at radius 1 is 1.04 bits per heavy atom. The van der Waals surface area contributed by atoms with Gasteiger partial charge in [0.15, 0.2) is 0 Å². The Kier molecular flexibility index (Phi) is 8.68. The smallest absolute Gasteiger partial charge is 0.326 e. The van der Waals surface area contributed by atoms with Crippen molar-refractivity contribution in [2.24, 2.45) is 0 Å². The maximum absolute atomic E-state index is 11.9. The quantitative estimate of drug-likeness (QED) is 0.354. The highest BCUT2D eigenvalue weighted by Gasteiger charge is 2.19. The van der Waals surface area contributed by atoms with Gasteiger partial charge in [0.05, 0.1) is 6.42 Å². The Balaban J connectivity index is 2.30. The molecule has 0 fully saturated rings. The van der Waals surface area contributed by atoms with Crippen molar-refractivity contribution in [3.63, 3.8) is 0 Å². The van der Waals surface area contributed by atoms with E-state index >= 15 is 0 Å². The summed E-state index contributed by atoms with van der Waals surface area (Å²) in [5.74, 6) is -1.42. The standard InChI is InChI=1S/C16H24NO6P/c18-15(12-13-8-4-3-5-9-13)17-14(16(19)20)10-6-1-2-7-11-24(21,22)23/h3-5,8-9,14H,1-2,6-7,10-12H2,(H,17,18)(H,19,20)(H2,21,22,23)/t14-/m1/s1. The van der Waals surface area contributed by atoms with Crippen molar-refractivity contribution in [2.75, 3.05) is 6.16 Å². The molecule has 1 rings (SSSR count). The van der Waals surface area contributed by atoms with E-state index in [9.17, 15) is 19.3 Å². The molecule has 0 aliphatic heterocycles. The molecular weight excluding hydrogens is 333 g/mol. The molecule has 1 aromatic rings. The Hall–Kier alpha value is -1.69. The molecule has 0 aromatic heterocycles. The average Bonchev–Trinajstić information content (AvgIpc) is 2.49. The van der Waals surface area contributed by atoms with E-state index in [2.05, 4.69) is 5.32 Å². The molecule has 1 atom stereocenters. The largest absolute Gasteiger partial charge is 0.480 e. The number of carboxylic acids is 1. The fourth-order valence-electron chi connectivity index (χ4n) is 2.30. The second kappa shape index (κ2) is 10.2. The number of carboxylic acid groups (broad SMARTS) is 1. The van der Waals surface area contributed by atoms with E-state index in [0.717, 1.165) is 5.56 Å². The number of rotatable bonds is 11. The van der Waals surface area contributed by atoms with E-state index in [1.54, 1.807) is 12.1 Å². The summed E-state index contributed by atoms with van der Waals surface area (Å²) in [7, 11) is -3.95. The third kappa shape index (κ3) is 9.45. The van der Waals surface area contributed by atoms with Gasteiger partial charge in [-0.1, -0.05) is 49.6 Å². The summed E-state index contributed by atoms with van der Waals surface area (Å²) in [6.45, 7) is 0. The van der Waals surface area contributed by atoms with Gasteiger partial charge in [0, 0.05) is 6.16 Å². The van der Waals surface area contributed by atoms with Crippen molar-refractivity contribution < 1.29 is 29.0 Å². The second-order valence-corrected chi connectivity index (χ2v) is 7.49. The monoisotopic (exact) mass is 357 g/mol. The molecule has 0 saturated heterocycles. The predicted octanol–water partition coefficient (Wildman–Crippen LogP) is 1.93. The van der Waals surface area contributed by atoms with Gasteiger partial charge in [-0.2, -0.15) is 0 Å². The number of carbonyl (C=O) groups is 2. The van der Waals surface area contributed by atoms with Crippen LogP contribution in [0.5, 0.6) is 0 Å². The number of aliphatic carboxylic acids is 1. The molecule has 0 bridgehead atoms. The van der Waals surface area contributed by atoms with Crippen LogP contribution in [0.2, 0.25) is 0 Å². The molecule has 0 aliphatic rings. The van der Waals surface area contributed by atoms with Gasteiger partial charge in [-0.3, -0.25) is 9.36 Å². The highest BCUT2D eigenvalue weighted by Crippen LogP contribution is 2.35. The number of benzene rings is 1. The molecular formula is C16H24NO6P. The van der Waals surface area contributed by atoms with E-state index in [4.69, 9.17) is 9.79 Å². The first-order chi connectivity index (χ1) is 11.3. The Bertz CT molecular complexity index is 571. The van der Waals surface area contributed by atoms with Crippen LogP contribution in [-0.2, 0) is 20.6 Å². The molecule has 24 heavy (non-hydrogen) atoms. The zero-order valence-corrected chi connectivity index (χ0v) is 14.3. The molecule has 0 radical (unpaired) electrons. The Morgan fingerprint density at radius 3 is 2.25 bits per heavy atom. The van der Waals surface area contributed by atoms with E-state index in [-0.39, 0.29) is 18.5 Å². The number of nitrogens with one attached hydrogen (secondary N) is 1. The summed E-state index contributed by atoms with van der Waals surface area (Å²) in [4.78, 5) is 40.6. The van der Waals surface area contributed by atoms with Gasteiger partial charge < -0.3 is 20.2 Å².